The van der Waals surface area contributed by atoms with Crippen LogP contribution >= 0.6 is 23.5 Å². The SMILES string of the molecule is C=CC[C@H](C)[C@H](O[Si](C)(C)C(C)(C)C)[C@@H](C)[C@@H](O[Si](c1ccccc1)(c1ccccc1)c1ccccc1)C(C)(C)C1SCCCS1. The average molecular weight is 691 g/mol. The molecule has 4 atom stereocenters. The standard InChI is InChI=1S/C40H58O2S2Si2/c1-11-22-31(2)36(41-45(9,10)39(4,5)6)32(3)37(40(7,8)38-43-29-21-30-44-38)42-46(33-23-15-12-16-24-33,34-25-17-13-18-26-34)35-27-19-14-20-28-35/h11-20,23-28,31-32,36-38H,1,21-22,29-30H2,2-10H3/t31-,32+,36-,37+/m0/s1. The van der Waals surface area contributed by atoms with Gasteiger partial charge in [-0.15, -0.1) is 30.1 Å². The molecule has 6 heteroatoms. The van der Waals surface area contributed by atoms with Gasteiger partial charge in [0, 0.05) is 11.3 Å². The topological polar surface area (TPSA) is 18.5 Å². The molecule has 0 spiro atoms. The summed E-state index contributed by atoms with van der Waals surface area (Å²) in [7, 11) is -5.11. The minimum Gasteiger partial charge on any atom is -0.413 e. The van der Waals surface area contributed by atoms with Gasteiger partial charge in [0.2, 0.25) is 0 Å². The quantitative estimate of drug-likeness (QED) is 0.0953. The van der Waals surface area contributed by atoms with Crippen LogP contribution in [0.4, 0.5) is 0 Å². The second kappa shape index (κ2) is 15.8. The Labute approximate surface area is 291 Å². The maximum absolute atomic E-state index is 8.21. The molecule has 0 bridgehead atoms. The molecule has 3 aromatic rings. The van der Waals surface area contributed by atoms with Crippen LogP contribution in [0.2, 0.25) is 18.1 Å². The molecular weight excluding hydrogens is 633 g/mol. The number of hydrogen-bond donors (Lipinski definition) is 0. The summed E-state index contributed by atoms with van der Waals surface area (Å²) < 4.78 is 16.1. The maximum Gasteiger partial charge on any atom is 0.288 e. The fourth-order valence-corrected chi connectivity index (χ4v) is 15.8. The Bertz CT molecular complexity index is 1260. The van der Waals surface area contributed by atoms with Crippen LogP contribution in [0.5, 0.6) is 0 Å². The van der Waals surface area contributed by atoms with Gasteiger partial charge in [0.1, 0.15) is 0 Å². The Morgan fingerprint density at radius 2 is 1.20 bits per heavy atom. The summed E-state index contributed by atoms with van der Waals surface area (Å²) in [5.74, 6) is 2.87. The molecule has 0 saturated carbocycles. The highest BCUT2D eigenvalue weighted by Crippen LogP contribution is 2.49. The fraction of sp³-hybridized carbons (Fsp3) is 0.500. The summed E-state index contributed by atoms with van der Waals surface area (Å²) in [4.78, 5) is 0. The van der Waals surface area contributed by atoms with Crippen molar-refractivity contribution in [2.75, 3.05) is 11.5 Å². The predicted molar refractivity (Wildman–Crippen MR) is 211 cm³/mol. The Morgan fingerprint density at radius 3 is 1.59 bits per heavy atom. The van der Waals surface area contributed by atoms with Crippen LogP contribution in [0, 0.1) is 17.3 Å². The van der Waals surface area contributed by atoms with E-state index in [0.717, 1.165) is 6.42 Å². The lowest BCUT2D eigenvalue weighted by atomic mass is 9.76. The largest absolute Gasteiger partial charge is 0.413 e. The van der Waals surface area contributed by atoms with Gasteiger partial charge >= 0.3 is 0 Å². The van der Waals surface area contributed by atoms with Gasteiger partial charge < -0.3 is 8.85 Å². The second-order valence-electron chi connectivity index (χ2n) is 15.3. The monoisotopic (exact) mass is 690 g/mol. The third-order valence-electron chi connectivity index (χ3n) is 10.3. The first kappa shape index (κ1) is 37.3. The van der Waals surface area contributed by atoms with Crippen LogP contribution in [-0.4, -0.2) is 44.9 Å². The van der Waals surface area contributed by atoms with Crippen molar-refractivity contribution in [3.05, 3.63) is 104 Å². The Hall–Kier alpha value is -1.55. The van der Waals surface area contributed by atoms with E-state index in [1.54, 1.807) is 0 Å². The average Bonchev–Trinajstić information content (AvgIpc) is 3.05. The Morgan fingerprint density at radius 1 is 0.761 bits per heavy atom. The van der Waals surface area contributed by atoms with E-state index in [2.05, 4.69) is 189 Å². The van der Waals surface area contributed by atoms with Gasteiger partial charge in [-0.1, -0.05) is 146 Å². The zero-order valence-electron chi connectivity index (χ0n) is 29.8. The van der Waals surface area contributed by atoms with Crippen molar-refractivity contribution in [2.24, 2.45) is 17.3 Å². The summed E-state index contributed by atoms with van der Waals surface area (Å²) in [5, 5.41) is 3.96. The molecule has 0 radical (unpaired) electrons. The summed E-state index contributed by atoms with van der Waals surface area (Å²) in [6.07, 6.45) is 4.24. The molecular formula is C40H58O2S2Si2. The third kappa shape index (κ3) is 8.18. The first-order valence-electron chi connectivity index (χ1n) is 17.1. The highest BCUT2D eigenvalue weighted by atomic mass is 32.2. The summed E-state index contributed by atoms with van der Waals surface area (Å²) >= 11 is 4.25. The highest BCUT2D eigenvalue weighted by molar-refractivity contribution is 8.17. The number of benzene rings is 3. The normalized spacial score (nSPS) is 18.0. The molecule has 3 aromatic carbocycles. The zero-order valence-corrected chi connectivity index (χ0v) is 33.4. The van der Waals surface area contributed by atoms with E-state index < -0.39 is 16.6 Å². The number of hydrogen-bond acceptors (Lipinski definition) is 4. The van der Waals surface area contributed by atoms with Crippen LogP contribution < -0.4 is 15.6 Å². The van der Waals surface area contributed by atoms with E-state index in [-0.39, 0.29) is 28.6 Å². The minimum absolute atomic E-state index is 0.0378. The van der Waals surface area contributed by atoms with E-state index in [1.165, 1.54) is 33.5 Å². The fourth-order valence-electron chi connectivity index (χ4n) is 6.73. The molecule has 1 aliphatic heterocycles. The van der Waals surface area contributed by atoms with Gasteiger partial charge in [0.05, 0.1) is 16.8 Å². The van der Waals surface area contributed by atoms with Crippen molar-refractivity contribution in [3.63, 3.8) is 0 Å². The Balaban J connectivity index is 1.98. The molecule has 0 unspecified atom stereocenters. The molecule has 1 saturated heterocycles. The summed E-state index contributed by atoms with van der Waals surface area (Å²) in [6, 6.07) is 33.2. The van der Waals surface area contributed by atoms with Crippen LogP contribution in [0.1, 0.15) is 61.3 Å². The van der Waals surface area contributed by atoms with E-state index in [0.29, 0.717) is 10.5 Å². The lowest BCUT2D eigenvalue weighted by Crippen LogP contribution is -2.72. The lowest BCUT2D eigenvalue weighted by molar-refractivity contribution is -0.0354. The highest BCUT2D eigenvalue weighted by Gasteiger charge is 2.53. The number of allylic oxidation sites excluding steroid dienone is 1. The maximum atomic E-state index is 8.21. The molecule has 46 heavy (non-hydrogen) atoms. The van der Waals surface area contributed by atoms with Crippen molar-refractivity contribution < 1.29 is 8.85 Å². The van der Waals surface area contributed by atoms with Gasteiger partial charge in [0.25, 0.3) is 8.32 Å². The molecule has 250 valence electrons. The molecule has 0 aromatic heterocycles. The van der Waals surface area contributed by atoms with Crippen molar-refractivity contribution in [2.45, 2.75) is 96.2 Å². The molecule has 0 aliphatic carbocycles. The molecule has 0 amide bonds. The molecule has 4 rings (SSSR count). The van der Waals surface area contributed by atoms with Crippen molar-refractivity contribution >= 4 is 55.7 Å². The summed E-state index contributed by atoms with van der Waals surface area (Å²) in [5.41, 5.74) is -0.130. The van der Waals surface area contributed by atoms with E-state index >= 15 is 0 Å². The number of rotatable bonds is 14. The van der Waals surface area contributed by atoms with Gasteiger partial charge in [-0.05, 0) is 64.0 Å². The van der Waals surface area contributed by atoms with Crippen molar-refractivity contribution in [1.82, 2.24) is 0 Å². The minimum atomic E-state index is -3.00. The zero-order chi connectivity index (χ0) is 33.6. The van der Waals surface area contributed by atoms with Crippen LogP contribution in [0.15, 0.2) is 104 Å². The van der Waals surface area contributed by atoms with E-state index in [4.69, 9.17) is 8.85 Å². The van der Waals surface area contributed by atoms with Gasteiger partial charge in [-0.25, -0.2) is 0 Å². The lowest BCUT2D eigenvalue weighted by Gasteiger charge is -2.52. The smallest absolute Gasteiger partial charge is 0.288 e. The van der Waals surface area contributed by atoms with E-state index in [9.17, 15) is 0 Å². The summed E-state index contributed by atoms with van der Waals surface area (Å²) in [6.45, 7) is 25.8. The van der Waals surface area contributed by atoms with Crippen LogP contribution in [0.25, 0.3) is 0 Å². The first-order chi connectivity index (χ1) is 21.8. The van der Waals surface area contributed by atoms with Gasteiger partial charge in [-0.2, -0.15) is 0 Å². The van der Waals surface area contributed by atoms with E-state index in [1.807, 2.05) is 0 Å². The van der Waals surface area contributed by atoms with Crippen LogP contribution in [-0.2, 0) is 8.85 Å². The van der Waals surface area contributed by atoms with Crippen molar-refractivity contribution in [3.8, 4) is 0 Å². The number of thioether (sulfide) groups is 2. The molecule has 1 fully saturated rings. The Kier molecular flexibility index (Phi) is 12.8. The molecule has 1 heterocycles. The van der Waals surface area contributed by atoms with Gasteiger partial charge in [-0.3, -0.25) is 0 Å². The van der Waals surface area contributed by atoms with Gasteiger partial charge in [0.15, 0.2) is 8.32 Å². The molecule has 1 aliphatic rings. The van der Waals surface area contributed by atoms with Crippen LogP contribution in [0.3, 0.4) is 0 Å². The first-order valence-corrected chi connectivity index (χ1v) is 24.0. The predicted octanol–water partition coefficient (Wildman–Crippen LogP) is 9.50. The van der Waals surface area contributed by atoms with Crippen molar-refractivity contribution in [1.29, 1.82) is 0 Å². The second-order valence-corrected chi connectivity index (χ2v) is 26.1. The third-order valence-corrected chi connectivity index (χ3v) is 22.6. The molecule has 0 N–H and O–H groups in total. The molecule has 2 nitrogen and oxygen atoms in total.